The van der Waals surface area contributed by atoms with Gasteiger partial charge in [0.25, 0.3) is 0 Å². The highest BCUT2D eigenvalue weighted by molar-refractivity contribution is 7.09. The van der Waals surface area contributed by atoms with E-state index in [0.29, 0.717) is 27.8 Å². The topological polar surface area (TPSA) is 104 Å². The summed E-state index contributed by atoms with van der Waals surface area (Å²) in [6, 6.07) is 16.6. The Balaban J connectivity index is 1.32. The van der Waals surface area contributed by atoms with Crippen molar-refractivity contribution in [3.8, 4) is 6.07 Å². The van der Waals surface area contributed by atoms with Gasteiger partial charge in [0.1, 0.15) is 12.1 Å². The van der Waals surface area contributed by atoms with E-state index < -0.39 is 0 Å². The lowest BCUT2D eigenvalue weighted by Crippen LogP contribution is -2.52. The number of rotatable bonds is 8. The number of thiazole rings is 1. The second-order valence-electron chi connectivity index (χ2n) is 12.8. The predicted molar refractivity (Wildman–Crippen MR) is 184 cm³/mol. The summed E-state index contributed by atoms with van der Waals surface area (Å²) in [7, 11) is 0. The van der Waals surface area contributed by atoms with Crippen molar-refractivity contribution in [1.29, 1.82) is 5.26 Å². The van der Waals surface area contributed by atoms with E-state index in [1.807, 2.05) is 42.8 Å². The largest absolute Gasteiger partial charge is 0.377 e. The van der Waals surface area contributed by atoms with Crippen LogP contribution in [0.5, 0.6) is 0 Å². The fourth-order valence-corrected chi connectivity index (χ4v) is 7.30. The number of nitriles is 1. The first-order chi connectivity index (χ1) is 21.6. The van der Waals surface area contributed by atoms with Gasteiger partial charge in [-0.1, -0.05) is 41.9 Å². The van der Waals surface area contributed by atoms with Gasteiger partial charge >= 0.3 is 0 Å². The van der Waals surface area contributed by atoms with Crippen LogP contribution >= 0.6 is 22.9 Å². The lowest BCUT2D eigenvalue weighted by Gasteiger charge is -2.42. The maximum Gasteiger partial charge on any atom is 0.106 e. The summed E-state index contributed by atoms with van der Waals surface area (Å²) in [5, 5.41) is 20.8. The quantitative estimate of drug-likeness (QED) is 0.158. The molecule has 0 spiro atoms. The molecule has 0 saturated carbocycles. The standard InChI is InChI=1S/C34H40ClN9S/c1-21(23-9-7-6-8-10-23)39-30-24(17-36)18-37-31-27(30)15-25(16-28(31)35)40-32(33-22(2)38-20-45-33)29-19-44(42-41-29)26-11-13-43(14-12-26)34(3,4)5/h6-10,15-16,18-21,26,32,40-42H,11-14H2,1-5H3,(H,37,39)/t21-,32-/m1/s1. The molecule has 45 heavy (non-hydrogen) atoms. The van der Waals surface area contributed by atoms with Crippen LogP contribution in [0.1, 0.15) is 74.3 Å². The highest BCUT2D eigenvalue weighted by Gasteiger charge is 2.32. The molecule has 2 aliphatic rings. The Bertz CT molecular complexity index is 1730. The number of piperidine rings is 1. The number of halogens is 1. The number of likely N-dealkylation sites (tertiary alicyclic amines) is 1. The van der Waals surface area contributed by atoms with Crippen molar-refractivity contribution in [2.45, 2.75) is 71.1 Å². The molecular formula is C34H40ClN9S. The number of pyridine rings is 1. The summed E-state index contributed by atoms with van der Waals surface area (Å²) < 4.78 is 0. The molecule has 11 heteroatoms. The predicted octanol–water partition coefficient (Wildman–Crippen LogP) is 7.28. The molecule has 0 amide bonds. The van der Waals surface area contributed by atoms with Gasteiger partial charge in [0, 0.05) is 54.2 Å². The second-order valence-corrected chi connectivity index (χ2v) is 14.1. The second kappa shape index (κ2) is 12.9. The average Bonchev–Trinajstić information content (AvgIpc) is 3.70. The molecular weight excluding hydrogens is 602 g/mol. The van der Waals surface area contributed by atoms with Gasteiger partial charge in [-0.2, -0.15) is 5.26 Å². The van der Waals surface area contributed by atoms with E-state index in [0.717, 1.165) is 58.8 Å². The Hall–Kier alpha value is -3.88. The number of hydrogen-bond acceptors (Lipinski definition) is 10. The zero-order valence-corrected chi connectivity index (χ0v) is 27.9. The van der Waals surface area contributed by atoms with Crippen LogP contribution in [0, 0.1) is 18.3 Å². The molecule has 4 aromatic rings. The number of hydrogen-bond donors (Lipinski definition) is 4. The first-order valence-electron chi connectivity index (χ1n) is 15.4. The number of aryl methyl sites for hydroxylation is 1. The molecule has 1 fully saturated rings. The van der Waals surface area contributed by atoms with E-state index in [-0.39, 0.29) is 17.6 Å². The monoisotopic (exact) mass is 641 g/mol. The molecule has 0 unspecified atom stereocenters. The molecule has 2 aromatic heterocycles. The smallest absolute Gasteiger partial charge is 0.106 e. The number of benzene rings is 2. The SMILES string of the molecule is Cc1ncsc1[C@H](Nc1cc(Cl)c2ncc(C#N)c(N[C@H](C)c3ccccc3)c2c1)C1=CN(C2CCN(C(C)(C)C)CC2)NN1. The molecule has 2 aliphatic heterocycles. The molecule has 2 atom stereocenters. The molecule has 0 bridgehead atoms. The van der Waals surface area contributed by atoms with Crippen LogP contribution in [-0.4, -0.2) is 44.5 Å². The van der Waals surface area contributed by atoms with Gasteiger partial charge in [0.2, 0.25) is 0 Å². The number of nitrogens with zero attached hydrogens (tertiary/aromatic N) is 5. The van der Waals surface area contributed by atoms with Crippen LogP contribution in [-0.2, 0) is 0 Å². The maximum atomic E-state index is 10.0. The average molecular weight is 642 g/mol. The molecule has 1 saturated heterocycles. The van der Waals surface area contributed by atoms with Crippen molar-refractivity contribution in [2.24, 2.45) is 0 Å². The van der Waals surface area contributed by atoms with Crippen LogP contribution < -0.4 is 21.6 Å². The molecule has 6 rings (SSSR count). The Morgan fingerprint density at radius 2 is 1.87 bits per heavy atom. The molecule has 9 nitrogen and oxygen atoms in total. The van der Waals surface area contributed by atoms with Crippen LogP contribution in [0.4, 0.5) is 11.4 Å². The van der Waals surface area contributed by atoms with E-state index >= 15 is 0 Å². The van der Waals surface area contributed by atoms with Crippen molar-refractivity contribution >= 4 is 45.2 Å². The summed E-state index contributed by atoms with van der Waals surface area (Å²) in [4.78, 5) is 12.8. The summed E-state index contributed by atoms with van der Waals surface area (Å²) >= 11 is 8.49. The van der Waals surface area contributed by atoms with Crippen LogP contribution in [0.3, 0.4) is 0 Å². The van der Waals surface area contributed by atoms with Crippen molar-refractivity contribution in [1.82, 2.24) is 30.8 Å². The molecule has 0 aliphatic carbocycles. The van der Waals surface area contributed by atoms with E-state index in [4.69, 9.17) is 11.6 Å². The van der Waals surface area contributed by atoms with Crippen molar-refractivity contribution in [2.75, 3.05) is 23.7 Å². The Morgan fingerprint density at radius 1 is 1.11 bits per heavy atom. The third kappa shape index (κ3) is 6.58. The molecule has 2 aromatic carbocycles. The number of hydrazine groups is 2. The zero-order valence-electron chi connectivity index (χ0n) is 26.4. The molecule has 4 heterocycles. The maximum absolute atomic E-state index is 10.0. The van der Waals surface area contributed by atoms with Crippen LogP contribution in [0.15, 0.2) is 66.1 Å². The van der Waals surface area contributed by atoms with E-state index in [1.165, 1.54) is 0 Å². The van der Waals surface area contributed by atoms with Gasteiger partial charge in [0.05, 0.1) is 43.6 Å². The first-order valence-corrected chi connectivity index (χ1v) is 16.6. The van der Waals surface area contributed by atoms with Crippen molar-refractivity contribution in [3.05, 3.63) is 92.8 Å². The highest BCUT2D eigenvalue weighted by Crippen LogP contribution is 2.38. The summed E-state index contributed by atoms with van der Waals surface area (Å²) in [5.41, 5.74) is 14.6. The summed E-state index contributed by atoms with van der Waals surface area (Å²) in [6.07, 6.45) is 5.93. The summed E-state index contributed by atoms with van der Waals surface area (Å²) in [6.45, 7) is 13.1. The van der Waals surface area contributed by atoms with E-state index in [9.17, 15) is 5.26 Å². The minimum atomic E-state index is -0.204. The van der Waals surface area contributed by atoms with Gasteiger partial charge in [-0.25, -0.2) is 4.98 Å². The van der Waals surface area contributed by atoms with Crippen LogP contribution in [0.2, 0.25) is 5.02 Å². The third-order valence-corrected chi connectivity index (χ3v) is 10.1. The molecule has 234 valence electrons. The van der Waals surface area contributed by atoms with Gasteiger partial charge in [0.15, 0.2) is 0 Å². The van der Waals surface area contributed by atoms with Gasteiger partial charge in [-0.15, -0.1) is 16.9 Å². The fraction of sp³-hybridized carbons (Fsp3) is 0.382. The molecule has 0 radical (unpaired) electrons. The summed E-state index contributed by atoms with van der Waals surface area (Å²) in [5.74, 6) is 0. The number of anilines is 2. The lowest BCUT2D eigenvalue weighted by atomic mass is 9.98. The Kier molecular flexibility index (Phi) is 8.89. The first kappa shape index (κ1) is 31.1. The zero-order chi connectivity index (χ0) is 31.7. The number of fused-ring (bicyclic) bond motifs is 1. The van der Waals surface area contributed by atoms with Gasteiger partial charge in [-0.3, -0.25) is 14.9 Å². The van der Waals surface area contributed by atoms with E-state index in [1.54, 1.807) is 17.5 Å². The fourth-order valence-electron chi connectivity index (χ4n) is 6.17. The van der Waals surface area contributed by atoms with Crippen molar-refractivity contribution in [3.63, 3.8) is 0 Å². The van der Waals surface area contributed by atoms with Gasteiger partial charge < -0.3 is 16.1 Å². The van der Waals surface area contributed by atoms with Crippen LogP contribution in [0.25, 0.3) is 10.9 Å². The lowest BCUT2D eigenvalue weighted by molar-refractivity contribution is 0.0570. The molecule has 4 N–H and O–H groups in total. The number of nitrogens with one attached hydrogen (secondary N) is 4. The number of aromatic nitrogens is 2. The Morgan fingerprint density at radius 3 is 2.53 bits per heavy atom. The van der Waals surface area contributed by atoms with E-state index in [2.05, 4.69) is 93.6 Å². The van der Waals surface area contributed by atoms with Crippen molar-refractivity contribution < 1.29 is 0 Å². The highest BCUT2D eigenvalue weighted by atomic mass is 35.5. The third-order valence-electron chi connectivity index (χ3n) is 8.79. The normalized spacial score (nSPS) is 17.4. The van der Waals surface area contributed by atoms with Gasteiger partial charge in [-0.05, 0) is 65.2 Å². The minimum Gasteiger partial charge on any atom is -0.377 e. The minimum absolute atomic E-state index is 0.0351. The Labute approximate surface area is 274 Å².